The van der Waals surface area contributed by atoms with Gasteiger partial charge in [-0.05, 0) is 18.8 Å². The number of carbonyl (C=O) groups excluding carboxylic acids is 1. The molecule has 1 amide bonds. The second-order valence-electron chi connectivity index (χ2n) is 4.14. The molecule has 0 aromatic carbocycles. The van der Waals surface area contributed by atoms with Gasteiger partial charge in [-0.2, -0.15) is 0 Å². The highest BCUT2D eigenvalue weighted by Gasteiger charge is 2.21. The van der Waals surface area contributed by atoms with Crippen LogP contribution in [-0.4, -0.2) is 25.7 Å². The fourth-order valence-corrected chi connectivity index (χ4v) is 2.19. The minimum atomic E-state index is 0.0225. The lowest BCUT2D eigenvalue weighted by Gasteiger charge is -2.28. The summed E-state index contributed by atoms with van der Waals surface area (Å²) >= 11 is 0. The summed E-state index contributed by atoms with van der Waals surface area (Å²) in [6, 6.07) is 0.386. The van der Waals surface area contributed by atoms with E-state index in [4.69, 9.17) is 4.74 Å². The molecule has 0 aromatic heterocycles. The maximum atomic E-state index is 11.3. The normalized spacial score (nSPS) is 27.3. The van der Waals surface area contributed by atoms with E-state index in [1.165, 1.54) is 19.3 Å². The molecule has 1 rings (SSSR count). The molecule has 0 aromatic rings. The topological polar surface area (TPSA) is 38.3 Å². The van der Waals surface area contributed by atoms with Crippen molar-refractivity contribution in [2.24, 2.45) is 5.92 Å². The third-order valence-corrected chi connectivity index (χ3v) is 3.00. The van der Waals surface area contributed by atoms with Crippen LogP contribution in [0.1, 0.15) is 39.0 Å². The van der Waals surface area contributed by atoms with E-state index >= 15 is 0 Å². The number of methoxy groups -OCH3 is 1. The smallest absolute Gasteiger partial charge is 0.246 e. The summed E-state index contributed by atoms with van der Waals surface area (Å²) in [7, 11) is 1.55. The molecule has 0 heterocycles. The molecule has 1 fully saturated rings. The summed E-state index contributed by atoms with van der Waals surface area (Å²) in [5.41, 5.74) is 0. The van der Waals surface area contributed by atoms with Gasteiger partial charge in [0.25, 0.3) is 0 Å². The molecule has 82 valence electrons. The molecule has 1 N–H and O–H groups in total. The zero-order valence-corrected chi connectivity index (χ0v) is 9.21. The third-order valence-electron chi connectivity index (χ3n) is 3.00. The Kier molecular flexibility index (Phi) is 4.94. The Hall–Kier alpha value is -0.570. The fourth-order valence-electron chi connectivity index (χ4n) is 2.19. The van der Waals surface area contributed by atoms with Crippen molar-refractivity contribution >= 4 is 5.91 Å². The molecule has 1 aliphatic rings. The molecule has 3 heteroatoms. The largest absolute Gasteiger partial charge is 0.375 e. The molecule has 0 aliphatic heterocycles. The van der Waals surface area contributed by atoms with Crippen LogP contribution < -0.4 is 5.32 Å². The molecule has 0 radical (unpaired) electrons. The van der Waals surface area contributed by atoms with E-state index < -0.39 is 0 Å². The number of rotatable bonds is 4. The molecule has 1 saturated carbocycles. The average Bonchev–Trinajstić information content (AvgIpc) is 2.18. The second kappa shape index (κ2) is 6.02. The molecular weight excluding hydrogens is 178 g/mol. The van der Waals surface area contributed by atoms with E-state index in [1.54, 1.807) is 7.11 Å². The van der Waals surface area contributed by atoms with Crippen molar-refractivity contribution in [1.29, 1.82) is 0 Å². The Balaban J connectivity index is 2.26. The van der Waals surface area contributed by atoms with E-state index in [9.17, 15) is 4.79 Å². The Morgan fingerprint density at radius 1 is 1.50 bits per heavy atom. The zero-order valence-electron chi connectivity index (χ0n) is 9.21. The van der Waals surface area contributed by atoms with Gasteiger partial charge in [-0.1, -0.05) is 26.2 Å². The van der Waals surface area contributed by atoms with Crippen LogP contribution in [-0.2, 0) is 9.53 Å². The van der Waals surface area contributed by atoms with Crippen LogP contribution >= 0.6 is 0 Å². The third kappa shape index (κ3) is 3.66. The monoisotopic (exact) mass is 199 g/mol. The van der Waals surface area contributed by atoms with Gasteiger partial charge in [0, 0.05) is 13.2 Å². The first-order valence-electron chi connectivity index (χ1n) is 5.54. The van der Waals surface area contributed by atoms with Gasteiger partial charge in [0.2, 0.25) is 5.91 Å². The first kappa shape index (κ1) is 11.5. The van der Waals surface area contributed by atoms with Crippen LogP contribution in [0, 0.1) is 5.92 Å². The first-order chi connectivity index (χ1) is 6.76. The minimum Gasteiger partial charge on any atom is -0.375 e. The molecular formula is C11H21NO2. The van der Waals surface area contributed by atoms with Crippen molar-refractivity contribution in [2.45, 2.75) is 45.1 Å². The van der Waals surface area contributed by atoms with Crippen LogP contribution in [0.15, 0.2) is 0 Å². The lowest BCUT2D eigenvalue weighted by atomic mass is 9.84. The number of hydrogen-bond donors (Lipinski definition) is 1. The van der Waals surface area contributed by atoms with Crippen molar-refractivity contribution in [1.82, 2.24) is 5.32 Å². The lowest BCUT2D eigenvalue weighted by molar-refractivity contribution is -0.125. The maximum Gasteiger partial charge on any atom is 0.246 e. The van der Waals surface area contributed by atoms with Crippen LogP contribution in [0.5, 0.6) is 0 Å². The van der Waals surface area contributed by atoms with Crippen LogP contribution in [0.4, 0.5) is 0 Å². The van der Waals surface area contributed by atoms with Crippen LogP contribution in [0.2, 0.25) is 0 Å². The number of hydrogen-bond acceptors (Lipinski definition) is 2. The van der Waals surface area contributed by atoms with Crippen molar-refractivity contribution in [3.63, 3.8) is 0 Å². The van der Waals surface area contributed by atoms with Gasteiger partial charge in [0.15, 0.2) is 0 Å². The van der Waals surface area contributed by atoms with Gasteiger partial charge in [0.1, 0.15) is 6.61 Å². The zero-order chi connectivity index (χ0) is 10.4. The van der Waals surface area contributed by atoms with E-state index in [-0.39, 0.29) is 12.5 Å². The van der Waals surface area contributed by atoms with Gasteiger partial charge in [0.05, 0.1) is 0 Å². The highest BCUT2D eigenvalue weighted by Crippen LogP contribution is 2.26. The van der Waals surface area contributed by atoms with E-state index in [1.807, 2.05) is 0 Å². The molecule has 2 unspecified atom stereocenters. The standard InChI is InChI=1S/C11H21NO2/c1-3-9-5-4-6-10(7-9)12-11(13)8-14-2/h9-10H,3-8H2,1-2H3,(H,12,13). The summed E-state index contributed by atoms with van der Waals surface area (Å²) in [5.74, 6) is 0.825. The van der Waals surface area contributed by atoms with Crippen molar-refractivity contribution in [2.75, 3.05) is 13.7 Å². The first-order valence-corrected chi connectivity index (χ1v) is 5.54. The molecule has 0 saturated heterocycles. The molecule has 14 heavy (non-hydrogen) atoms. The predicted molar refractivity (Wildman–Crippen MR) is 56.1 cm³/mol. The second-order valence-corrected chi connectivity index (χ2v) is 4.14. The Morgan fingerprint density at radius 2 is 2.29 bits per heavy atom. The summed E-state index contributed by atoms with van der Waals surface area (Å²) in [6.07, 6.45) is 6.08. The van der Waals surface area contributed by atoms with E-state index in [2.05, 4.69) is 12.2 Å². The van der Waals surface area contributed by atoms with E-state index in [0.29, 0.717) is 6.04 Å². The Bertz CT molecular complexity index is 182. The quantitative estimate of drug-likeness (QED) is 0.748. The Morgan fingerprint density at radius 3 is 2.93 bits per heavy atom. The molecule has 1 aliphatic carbocycles. The molecule has 0 bridgehead atoms. The van der Waals surface area contributed by atoms with Gasteiger partial charge in [-0.15, -0.1) is 0 Å². The summed E-state index contributed by atoms with van der Waals surface area (Å²) in [5, 5.41) is 3.02. The van der Waals surface area contributed by atoms with Gasteiger partial charge in [-0.3, -0.25) is 4.79 Å². The van der Waals surface area contributed by atoms with Crippen molar-refractivity contribution in [3.05, 3.63) is 0 Å². The number of carbonyl (C=O) groups is 1. The van der Waals surface area contributed by atoms with Crippen molar-refractivity contribution < 1.29 is 9.53 Å². The highest BCUT2D eigenvalue weighted by molar-refractivity contribution is 5.77. The predicted octanol–water partition coefficient (Wildman–Crippen LogP) is 1.72. The number of amides is 1. The van der Waals surface area contributed by atoms with Crippen LogP contribution in [0.25, 0.3) is 0 Å². The number of nitrogens with one attached hydrogen (secondary N) is 1. The summed E-state index contributed by atoms with van der Waals surface area (Å²) < 4.78 is 4.79. The molecule has 0 spiro atoms. The summed E-state index contributed by atoms with van der Waals surface area (Å²) in [6.45, 7) is 2.41. The number of ether oxygens (including phenoxy) is 1. The van der Waals surface area contributed by atoms with Crippen LogP contribution in [0.3, 0.4) is 0 Å². The molecule has 3 nitrogen and oxygen atoms in total. The Labute approximate surface area is 86.2 Å². The van der Waals surface area contributed by atoms with Crippen molar-refractivity contribution in [3.8, 4) is 0 Å². The van der Waals surface area contributed by atoms with Gasteiger partial charge in [-0.25, -0.2) is 0 Å². The lowest BCUT2D eigenvalue weighted by Crippen LogP contribution is -2.40. The SMILES string of the molecule is CCC1CCCC(NC(=O)COC)C1. The van der Waals surface area contributed by atoms with E-state index in [0.717, 1.165) is 18.8 Å². The van der Waals surface area contributed by atoms with Gasteiger partial charge < -0.3 is 10.1 Å². The fraction of sp³-hybridized carbons (Fsp3) is 0.909. The average molecular weight is 199 g/mol. The summed E-state index contributed by atoms with van der Waals surface area (Å²) in [4.78, 5) is 11.3. The van der Waals surface area contributed by atoms with Gasteiger partial charge >= 0.3 is 0 Å². The highest BCUT2D eigenvalue weighted by atomic mass is 16.5. The maximum absolute atomic E-state index is 11.3. The minimum absolute atomic E-state index is 0.0225. The molecule has 2 atom stereocenters.